The number of aryl methyl sites for hydroxylation is 1. The summed E-state index contributed by atoms with van der Waals surface area (Å²) < 4.78 is 1.64. The maximum Gasteiger partial charge on any atom is 0.263 e. The van der Waals surface area contributed by atoms with Crippen LogP contribution in [0.3, 0.4) is 0 Å². The lowest BCUT2D eigenvalue weighted by Crippen LogP contribution is -2.41. The number of hydrogen-bond donors (Lipinski definition) is 0. The first-order valence-corrected chi connectivity index (χ1v) is 11.2. The predicted molar refractivity (Wildman–Crippen MR) is 113 cm³/mol. The van der Waals surface area contributed by atoms with Crippen LogP contribution >= 0.6 is 11.3 Å². The van der Waals surface area contributed by atoms with Crippen LogP contribution in [0.1, 0.15) is 48.9 Å². The summed E-state index contributed by atoms with van der Waals surface area (Å²) in [5.74, 6) is 1.39. The minimum Gasteiger partial charge on any atom is -0.341 e. The molecule has 3 heterocycles. The standard InChI is InChI=1S/C21H30N4O2S/c1-14-7-8-15-16(11-14)28-20-19(15)21(27)25(17(22-20)12-23(2)3)13-18(26)24-9-5-4-6-10-24/h14H,4-13H2,1-3H3. The van der Waals surface area contributed by atoms with E-state index in [2.05, 4.69) is 6.92 Å². The van der Waals surface area contributed by atoms with Crippen LogP contribution in [0.4, 0.5) is 0 Å². The van der Waals surface area contributed by atoms with Crippen molar-refractivity contribution in [1.82, 2.24) is 19.4 Å². The van der Waals surface area contributed by atoms with Crippen molar-refractivity contribution in [3.05, 3.63) is 26.6 Å². The van der Waals surface area contributed by atoms with Crippen molar-refractivity contribution >= 4 is 27.5 Å². The monoisotopic (exact) mass is 402 g/mol. The third-order valence-corrected chi connectivity index (χ3v) is 7.10. The zero-order chi connectivity index (χ0) is 19.8. The van der Waals surface area contributed by atoms with Gasteiger partial charge in [-0.05, 0) is 64.1 Å². The Bertz CT molecular complexity index is 940. The molecule has 2 aliphatic rings. The molecule has 152 valence electrons. The fourth-order valence-electron chi connectivity index (χ4n) is 4.41. The normalized spacial score (nSPS) is 20.0. The Morgan fingerprint density at radius 2 is 2.00 bits per heavy atom. The lowest BCUT2D eigenvalue weighted by atomic mass is 9.89. The second-order valence-electron chi connectivity index (χ2n) is 8.63. The molecule has 7 heteroatoms. The number of hydrogen-bond acceptors (Lipinski definition) is 5. The highest BCUT2D eigenvalue weighted by Crippen LogP contribution is 2.35. The number of rotatable bonds is 4. The molecule has 0 N–H and O–H groups in total. The summed E-state index contributed by atoms with van der Waals surface area (Å²) in [4.78, 5) is 37.3. The van der Waals surface area contributed by atoms with E-state index in [9.17, 15) is 9.59 Å². The lowest BCUT2D eigenvalue weighted by molar-refractivity contribution is -0.132. The highest BCUT2D eigenvalue weighted by atomic mass is 32.1. The molecule has 0 aromatic carbocycles. The van der Waals surface area contributed by atoms with E-state index in [1.54, 1.807) is 15.9 Å². The maximum absolute atomic E-state index is 13.5. The second-order valence-corrected chi connectivity index (χ2v) is 9.71. The third kappa shape index (κ3) is 3.74. The molecule has 2 aromatic rings. The van der Waals surface area contributed by atoms with Crippen molar-refractivity contribution < 1.29 is 4.79 Å². The van der Waals surface area contributed by atoms with Gasteiger partial charge in [0.15, 0.2) is 0 Å². The maximum atomic E-state index is 13.5. The van der Waals surface area contributed by atoms with Crippen LogP contribution < -0.4 is 5.56 Å². The molecule has 0 saturated carbocycles. The molecule has 1 aliphatic heterocycles. The van der Waals surface area contributed by atoms with Gasteiger partial charge < -0.3 is 9.80 Å². The van der Waals surface area contributed by atoms with Crippen molar-refractivity contribution in [3.63, 3.8) is 0 Å². The highest BCUT2D eigenvalue weighted by molar-refractivity contribution is 7.18. The van der Waals surface area contributed by atoms with Crippen LogP contribution in [0.15, 0.2) is 4.79 Å². The van der Waals surface area contributed by atoms with Crippen molar-refractivity contribution in [2.45, 2.75) is 58.5 Å². The predicted octanol–water partition coefficient (Wildman–Crippen LogP) is 2.66. The van der Waals surface area contributed by atoms with Gasteiger partial charge in [-0.25, -0.2) is 4.98 Å². The van der Waals surface area contributed by atoms with E-state index in [1.807, 2.05) is 23.9 Å². The Labute approximate surface area is 170 Å². The first kappa shape index (κ1) is 19.6. The Morgan fingerprint density at radius 3 is 2.71 bits per heavy atom. The Morgan fingerprint density at radius 1 is 1.25 bits per heavy atom. The molecule has 6 nitrogen and oxygen atoms in total. The number of aromatic nitrogens is 2. The molecule has 1 saturated heterocycles. The first-order valence-electron chi connectivity index (χ1n) is 10.4. The number of likely N-dealkylation sites (tertiary alicyclic amines) is 1. The Hall–Kier alpha value is -1.73. The number of carbonyl (C=O) groups excluding carboxylic acids is 1. The van der Waals surface area contributed by atoms with Gasteiger partial charge in [0, 0.05) is 18.0 Å². The SMILES string of the molecule is CC1CCc2c(sc3nc(CN(C)C)n(CC(=O)N4CCCCC4)c(=O)c23)C1. The van der Waals surface area contributed by atoms with Crippen LogP contribution in [0, 0.1) is 5.92 Å². The van der Waals surface area contributed by atoms with Crippen LogP contribution in [0.2, 0.25) is 0 Å². The van der Waals surface area contributed by atoms with Crippen LogP contribution in [0.25, 0.3) is 10.2 Å². The van der Waals surface area contributed by atoms with E-state index >= 15 is 0 Å². The summed E-state index contributed by atoms with van der Waals surface area (Å²) in [6.07, 6.45) is 6.39. The number of piperidine rings is 1. The van der Waals surface area contributed by atoms with Gasteiger partial charge in [-0.15, -0.1) is 11.3 Å². The van der Waals surface area contributed by atoms with E-state index in [0.717, 1.165) is 55.4 Å². The Balaban J connectivity index is 1.77. The van der Waals surface area contributed by atoms with Gasteiger partial charge in [-0.1, -0.05) is 6.92 Å². The van der Waals surface area contributed by atoms with Crippen molar-refractivity contribution in [3.8, 4) is 0 Å². The van der Waals surface area contributed by atoms with Gasteiger partial charge in [0.2, 0.25) is 5.91 Å². The average Bonchev–Trinajstić information content (AvgIpc) is 3.02. The molecule has 1 aliphatic carbocycles. The number of nitrogens with zero attached hydrogens (tertiary/aromatic N) is 4. The average molecular weight is 403 g/mol. The topological polar surface area (TPSA) is 58.4 Å². The Kier molecular flexibility index (Phi) is 5.56. The fourth-order valence-corrected chi connectivity index (χ4v) is 5.80. The van der Waals surface area contributed by atoms with Crippen LogP contribution in [-0.2, 0) is 30.7 Å². The molecule has 1 fully saturated rings. The smallest absolute Gasteiger partial charge is 0.263 e. The summed E-state index contributed by atoms with van der Waals surface area (Å²) >= 11 is 1.68. The number of thiophene rings is 1. The first-order chi connectivity index (χ1) is 13.4. The van der Waals surface area contributed by atoms with Gasteiger partial charge in [-0.2, -0.15) is 0 Å². The molecule has 1 atom stereocenters. The lowest BCUT2D eigenvalue weighted by Gasteiger charge is -2.27. The van der Waals surface area contributed by atoms with Crippen molar-refractivity contribution in [2.24, 2.45) is 5.92 Å². The summed E-state index contributed by atoms with van der Waals surface area (Å²) in [5.41, 5.74) is 1.16. The van der Waals surface area contributed by atoms with E-state index < -0.39 is 0 Å². The van der Waals surface area contributed by atoms with Gasteiger partial charge in [0.1, 0.15) is 17.2 Å². The van der Waals surface area contributed by atoms with E-state index in [4.69, 9.17) is 4.98 Å². The molecule has 1 amide bonds. The summed E-state index contributed by atoms with van der Waals surface area (Å²) in [6, 6.07) is 0. The largest absolute Gasteiger partial charge is 0.341 e. The highest BCUT2D eigenvalue weighted by Gasteiger charge is 2.26. The molecule has 4 rings (SSSR count). The zero-order valence-corrected chi connectivity index (χ0v) is 18.0. The minimum absolute atomic E-state index is 0.0285. The summed E-state index contributed by atoms with van der Waals surface area (Å²) in [7, 11) is 3.93. The number of fused-ring (bicyclic) bond motifs is 3. The molecule has 1 unspecified atom stereocenters. The number of carbonyl (C=O) groups is 1. The number of amides is 1. The zero-order valence-electron chi connectivity index (χ0n) is 17.2. The molecular formula is C21H30N4O2S. The van der Waals surface area contributed by atoms with E-state index in [0.29, 0.717) is 18.3 Å². The molecule has 0 bridgehead atoms. The van der Waals surface area contributed by atoms with Gasteiger partial charge in [0.05, 0.1) is 11.9 Å². The van der Waals surface area contributed by atoms with Gasteiger partial charge >= 0.3 is 0 Å². The van der Waals surface area contributed by atoms with Crippen molar-refractivity contribution in [1.29, 1.82) is 0 Å². The van der Waals surface area contributed by atoms with E-state index in [1.165, 1.54) is 16.9 Å². The third-order valence-electron chi connectivity index (χ3n) is 5.95. The fraction of sp³-hybridized carbons (Fsp3) is 0.667. The molecule has 2 aromatic heterocycles. The van der Waals surface area contributed by atoms with Crippen molar-refractivity contribution in [2.75, 3.05) is 27.2 Å². The van der Waals surface area contributed by atoms with Gasteiger partial charge in [-0.3, -0.25) is 14.2 Å². The molecule has 0 radical (unpaired) electrons. The summed E-state index contributed by atoms with van der Waals surface area (Å²) in [6.45, 7) is 4.53. The van der Waals surface area contributed by atoms with Crippen LogP contribution in [-0.4, -0.2) is 52.4 Å². The molecular weight excluding hydrogens is 372 g/mol. The van der Waals surface area contributed by atoms with Crippen LogP contribution in [0.5, 0.6) is 0 Å². The molecule has 28 heavy (non-hydrogen) atoms. The quantitative estimate of drug-likeness (QED) is 0.789. The minimum atomic E-state index is -0.0285. The van der Waals surface area contributed by atoms with E-state index in [-0.39, 0.29) is 18.0 Å². The second kappa shape index (κ2) is 7.95. The summed E-state index contributed by atoms with van der Waals surface area (Å²) in [5, 5.41) is 0.765. The molecule has 0 spiro atoms. The van der Waals surface area contributed by atoms with Gasteiger partial charge in [0.25, 0.3) is 5.56 Å².